The van der Waals surface area contributed by atoms with Crippen molar-refractivity contribution in [3.63, 3.8) is 0 Å². The minimum absolute atomic E-state index is 0.0145. The van der Waals surface area contributed by atoms with Crippen LogP contribution in [-0.4, -0.2) is 0 Å². The Morgan fingerprint density at radius 2 is 1.65 bits per heavy atom. The van der Waals surface area contributed by atoms with Gasteiger partial charge in [0.1, 0.15) is 0 Å². The van der Waals surface area contributed by atoms with Gasteiger partial charge in [-0.25, -0.2) is 0 Å². The molecule has 0 saturated heterocycles. The van der Waals surface area contributed by atoms with E-state index in [1.54, 1.807) is 0 Å². The molecule has 20 heavy (non-hydrogen) atoms. The maximum Gasteiger partial charge on any atom is 0.0625 e. The molecule has 0 aliphatic rings. The van der Waals surface area contributed by atoms with E-state index in [-0.39, 0.29) is 5.38 Å². The Bertz CT molecular complexity index is 725. The fourth-order valence-electron chi connectivity index (χ4n) is 2.65. The third kappa shape index (κ3) is 2.71. The summed E-state index contributed by atoms with van der Waals surface area (Å²) in [5.41, 5.74) is 3.76. The van der Waals surface area contributed by atoms with Crippen molar-refractivity contribution in [2.45, 2.75) is 18.7 Å². The van der Waals surface area contributed by atoms with Crippen molar-refractivity contribution in [3.05, 3.63) is 83.4 Å². The molecule has 3 rings (SSSR count). The van der Waals surface area contributed by atoms with Crippen molar-refractivity contribution in [2.75, 3.05) is 0 Å². The van der Waals surface area contributed by atoms with Crippen LogP contribution < -0.4 is 0 Å². The molecule has 0 radical (unpaired) electrons. The van der Waals surface area contributed by atoms with Crippen LogP contribution in [0.1, 0.15) is 22.1 Å². The SMILES string of the molecule is Cc1cccc(C(Cl)Cc2cccc3ccccc23)c1. The van der Waals surface area contributed by atoms with Crippen molar-refractivity contribution in [1.82, 2.24) is 0 Å². The van der Waals surface area contributed by atoms with Crippen LogP contribution in [0.2, 0.25) is 0 Å². The Morgan fingerprint density at radius 1 is 0.900 bits per heavy atom. The molecule has 0 aliphatic carbocycles. The number of benzene rings is 3. The molecular formula is C19H17Cl. The third-order valence-electron chi connectivity index (χ3n) is 3.68. The maximum absolute atomic E-state index is 6.61. The Morgan fingerprint density at radius 3 is 2.50 bits per heavy atom. The number of hydrogen-bond acceptors (Lipinski definition) is 0. The molecule has 0 nitrogen and oxygen atoms in total. The van der Waals surface area contributed by atoms with Crippen molar-refractivity contribution in [1.29, 1.82) is 0 Å². The van der Waals surface area contributed by atoms with Gasteiger partial charge in [0, 0.05) is 0 Å². The number of aryl methyl sites for hydroxylation is 1. The van der Waals surface area contributed by atoms with Gasteiger partial charge in [-0.2, -0.15) is 0 Å². The molecule has 0 spiro atoms. The van der Waals surface area contributed by atoms with E-state index in [4.69, 9.17) is 11.6 Å². The van der Waals surface area contributed by atoms with E-state index in [0.717, 1.165) is 6.42 Å². The van der Waals surface area contributed by atoms with Crippen molar-refractivity contribution in [3.8, 4) is 0 Å². The van der Waals surface area contributed by atoms with Gasteiger partial charge in [0.25, 0.3) is 0 Å². The summed E-state index contributed by atoms with van der Waals surface area (Å²) in [5.74, 6) is 0. The molecule has 100 valence electrons. The molecule has 1 heteroatoms. The van der Waals surface area contributed by atoms with Gasteiger partial charge >= 0.3 is 0 Å². The molecule has 0 aliphatic heterocycles. The van der Waals surface area contributed by atoms with Crippen molar-refractivity contribution < 1.29 is 0 Å². The molecule has 1 atom stereocenters. The topological polar surface area (TPSA) is 0 Å². The highest BCUT2D eigenvalue weighted by atomic mass is 35.5. The summed E-state index contributed by atoms with van der Waals surface area (Å²) in [5, 5.41) is 2.59. The van der Waals surface area contributed by atoms with Crippen LogP contribution >= 0.6 is 11.6 Å². The first-order valence-corrected chi connectivity index (χ1v) is 7.35. The van der Waals surface area contributed by atoms with Gasteiger partial charge in [-0.3, -0.25) is 0 Å². The smallest absolute Gasteiger partial charge is 0.0625 e. The highest BCUT2D eigenvalue weighted by molar-refractivity contribution is 6.21. The molecular weight excluding hydrogens is 264 g/mol. The standard InChI is InChI=1S/C19H17Cl/c1-14-6-4-10-17(12-14)19(20)13-16-9-5-8-15-7-2-3-11-18(15)16/h2-12,19H,13H2,1H3. The van der Waals surface area contributed by atoms with E-state index in [9.17, 15) is 0 Å². The molecule has 0 bridgehead atoms. The zero-order valence-electron chi connectivity index (χ0n) is 11.5. The number of rotatable bonds is 3. The van der Waals surface area contributed by atoms with Crippen molar-refractivity contribution >= 4 is 22.4 Å². The van der Waals surface area contributed by atoms with E-state index < -0.39 is 0 Å². The number of halogens is 1. The average Bonchev–Trinajstić information content (AvgIpc) is 2.47. The Hall–Kier alpha value is -1.79. The predicted molar refractivity (Wildman–Crippen MR) is 87.4 cm³/mol. The zero-order valence-corrected chi connectivity index (χ0v) is 12.3. The van der Waals surface area contributed by atoms with Crippen LogP contribution in [-0.2, 0) is 6.42 Å². The van der Waals surface area contributed by atoms with E-state index in [1.807, 2.05) is 0 Å². The normalized spacial score (nSPS) is 12.5. The first kappa shape index (κ1) is 13.2. The molecule has 0 aromatic heterocycles. The van der Waals surface area contributed by atoms with Gasteiger partial charge in [-0.05, 0) is 35.2 Å². The van der Waals surface area contributed by atoms with E-state index in [1.165, 1.54) is 27.5 Å². The van der Waals surface area contributed by atoms with Gasteiger partial charge in [-0.1, -0.05) is 72.3 Å². The molecule has 0 fully saturated rings. The Kier molecular flexibility index (Phi) is 3.75. The van der Waals surface area contributed by atoms with Crippen LogP contribution in [0.4, 0.5) is 0 Å². The minimum atomic E-state index is 0.0145. The molecule has 1 unspecified atom stereocenters. The molecule has 0 saturated carbocycles. The molecule has 0 amide bonds. The van der Waals surface area contributed by atoms with Gasteiger partial charge in [-0.15, -0.1) is 11.6 Å². The first-order chi connectivity index (χ1) is 9.74. The lowest BCUT2D eigenvalue weighted by atomic mass is 9.98. The van der Waals surface area contributed by atoms with Gasteiger partial charge in [0.05, 0.1) is 5.38 Å². The van der Waals surface area contributed by atoms with Gasteiger partial charge in [0.15, 0.2) is 0 Å². The summed E-state index contributed by atoms with van der Waals surface area (Å²) >= 11 is 6.61. The number of hydrogen-bond donors (Lipinski definition) is 0. The lowest BCUT2D eigenvalue weighted by Gasteiger charge is -2.13. The predicted octanol–water partition coefficient (Wildman–Crippen LogP) is 5.67. The summed E-state index contributed by atoms with van der Waals surface area (Å²) in [6.45, 7) is 2.10. The van der Waals surface area contributed by atoms with E-state index in [2.05, 4.69) is 73.7 Å². The zero-order chi connectivity index (χ0) is 13.9. The minimum Gasteiger partial charge on any atom is -0.117 e. The van der Waals surface area contributed by atoms with E-state index in [0.29, 0.717) is 0 Å². The largest absolute Gasteiger partial charge is 0.117 e. The number of alkyl halides is 1. The second-order valence-electron chi connectivity index (χ2n) is 5.22. The summed E-state index contributed by atoms with van der Waals surface area (Å²) < 4.78 is 0. The maximum atomic E-state index is 6.61. The van der Waals surface area contributed by atoms with Crippen LogP contribution in [0.15, 0.2) is 66.7 Å². The highest BCUT2D eigenvalue weighted by Crippen LogP contribution is 2.29. The first-order valence-electron chi connectivity index (χ1n) is 6.91. The molecule has 3 aromatic rings. The fraction of sp³-hybridized carbons (Fsp3) is 0.158. The highest BCUT2D eigenvalue weighted by Gasteiger charge is 2.10. The van der Waals surface area contributed by atoms with Crippen LogP contribution in [0.25, 0.3) is 10.8 Å². The lowest BCUT2D eigenvalue weighted by Crippen LogP contribution is -1.97. The average molecular weight is 281 g/mol. The quantitative estimate of drug-likeness (QED) is 0.542. The Balaban J connectivity index is 1.93. The fourth-order valence-corrected chi connectivity index (χ4v) is 2.95. The summed E-state index contributed by atoms with van der Waals surface area (Å²) in [6, 6.07) is 23.4. The van der Waals surface area contributed by atoms with Gasteiger partial charge in [0.2, 0.25) is 0 Å². The molecule has 0 heterocycles. The molecule has 3 aromatic carbocycles. The van der Waals surface area contributed by atoms with Crippen LogP contribution in [0.3, 0.4) is 0 Å². The van der Waals surface area contributed by atoms with Crippen LogP contribution in [0.5, 0.6) is 0 Å². The Labute approximate surface area is 125 Å². The summed E-state index contributed by atoms with van der Waals surface area (Å²) in [6.07, 6.45) is 0.854. The second-order valence-corrected chi connectivity index (χ2v) is 5.75. The van der Waals surface area contributed by atoms with E-state index >= 15 is 0 Å². The summed E-state index contributed by atoms with van der Waals surface area (Å²) in [4.78, 5) is 0. The number of fused-ring (bicyclic) bond motifs is 1. The van der Waals surface area contributed by atoms with Gasteiger partial charge < -0.3 is 0 Å². The monoisotopic (exact) mass is 280 g/mol. The summed E-state index contributed by atoms with van der Waals surface area (Å²) in [7, 11) is 0. The van der Waals surface area contributed by atoms with Crippen molar-refractivity contribution in [2.24, 2.45) is 0 Å². The lowest BCUT2D eigenvalue weighted by molar-refractivity contribution is 0.925. The van der Waals surface area contributed by atoms with Crippen LogP contribution in [0, 0.1) is 6.92 Å². The second kappa shape index (κ2) is 5.68. The third-order valence-corrected chi connectivity index (χ3v) is 4.09. The molecule has 0 N–H and O–H groups in total.